The highest BCUT2D eigenvalue weighted by atomic mass is 16.3. The van der Waals surface area contributed by atoms with E-state index in [9.17, 15) is 0 Å². The van der Waals surface area contributed by atoms with Crippen molar-refractivity contribution in [2.45, 2.75) is 59.5 Å². The average molecular weight is 266 g/mol. The van der Waals surface area contributed by atoms with Gasteiger partial charge in [-0.05, 0) is 51.5 Å². The lowest BCUT2D eigenvalue weighted by atomic mass is 10.2. The van der Waals surface area contributed by atoms with Gasteiger partial charge in [-0.2, -0.15) is 0 Å². The van der Waals surface area contributed by atoms with Gasteiger partial charge in [-0.1, -0.05) is 26.7 Å². The molecular formula is C16H30N2O. The van der Waals surface area contributed by atoms with Crippen LogP contribution in [0.1, 0.15) is 56.6 Å². The topological polar surface area (TPSA) is 28.4 Å². The zero-order chi connectivity index (χ0) is 14.1. The molecule has 0 radical (unpaired) electrons. The van der Waals surface area contributed by atoms with Crippen LogP contribution in [0.2, 0.25) is 0 Å². The van der Waals surface area contributed by atoms with Gasteiger partial charge in [-0.3, -0.25) is 4.90 Å². The molecule has 1 aromatic rings. The van der Waals surface area contributed by atoms with Crippen molar-refractivity contribution >= 4 is 0 Å². The van der Waals surface area contributed by atoms with Gasteiger partial charge in [0, 0.05) is 0 Å². The molecule has 0 aromatic carbocycles. The zero-order valence-corrected chi connectivity index (χ0v) is 13.1. The first kappa shape index (κ1) is 16.3. The molecule has 0 amide bonds. The molecule has 0 atom stereocenters. The van der Waals surface area contributed by atoms with Crippen LogP contribution in [-0.4, -0.2) is 25.0 Å². The van der Waals surface area contributed by atoms with Crippen molar-refractivity contribution in [3.63, 3.8) is 0 Å². The molecule has 0 spiro atoms. The van der Waals surface area contributed by atoms with Crippen LogP contribution >= 0.6 is 0 Å². The van der Waals surface area contributed by atoms with Gasteiger partial charge < -0.3 is 9.73 Å². The highest BCUT2D eigenvalue weighted by Crippen LogP contribution is 2.16. The summed E-state index contributed by atoms with van der Waals surface area (Å²) in [5.41, 5.74) is 1.26. The third-order valence-corrected chi connectivity index (χ3v) is 3.35. The lowest BCUT2D eigenvalue weighted by molar-refractivity contribution is 0.283. The Morgan fingerprint density at radius 2 is 2.00 bits per heavy atom. The van der Waals surface area contributed by atoms with Crippen LogP contribution in [-0.2, 0) is 13.1 Å². The molecule has 1 N–H and O–H groups in total. The maximum Gasteiger partial charge on any atom is 0.120 e. The maximum absolute atomic E-state index is 5.93. The van der Waals surface area contributed by atoms with Gasteiger partial charge in [-0.25, -0.2) is 0 Å². The fourth-order valence-corrected chi connectivity index (χ4v) is 2.20. The summed E-state index contributed by atoms with van der Waals surface area (Å²) in [5.74, 6) is 2.18. The summed E-state index contributed by atoms with van der Waals surface area (Å²) in [6.45, 7) is 10.5. The molecule has 1 rings (SSSR count). The Morgan fingerprint density at radius 1 is 1.21 bits per heavy atom. The number of unbranched alkanes of at least 4 members (excludes halogenated alkanes) is 2. The van der Waals surface area contributed by atoms with Crippen LogP contribution in [0.15, 0.2) is 10.5 Å². The minimum Gasteiger partial charge on any atom is -0.463 e. The monoisotopic (exact) mass is 266 g/mol. The Labute approximate surface area is 118 Å². The molecule has 0 aliphatic rings. The molecule has 3 nitrogen and oxygen atoms in total. The number of nitrogens with zero attached hydrogens (tertiary/aromatic N) is 1. The van der Waals surface area contributed by atoms with E-state index in [2.05, 4.69) is 44.1 Å². The summed E-state index contributed by atoms with van der Waals surface area (Å²) in [4.78, 5) is 2.34. The van der Waals surface area contributed by atoms with Crippen LogP contribution in [0.4, 0.5) is 0 Å². The predicted octanol–water partition coefficient (Wildman–Crippen LogP) is 3.71. The van der Waals surface area contributed by atoms with Gasteiger partial charge in [0.25, 0.3) is 0 Å². The van der Waals surface area contributed by atoms with E-state index in [1.165, 1.54) is 24.8 Å². The number of nitrogens with one attached hydrogen (secondary N) is 1. The lowest BCUT2D eigenvalue weighted by Gasteiger charge is -2.14. The quantitative estimate of drug-likeness (QED) is 0.654. The van der Waals surface area contributed by atoms with Crippen LogP contribution in [0.25, 0.3) is 0 Å². The van der Waals surface area contributed by atoms with E-state index in [1.54, 1.807) is 0 Å². The van der Waals surface area contributed by atoms with Crippen molar-refractivity contribution in [1.82, 2.24) is 10.2 Å². The Morgan fingerprint density at radius 3 is 2.68 bits per heavy atom. The van der Waals surface area contributed by atoms with Crippen LogP contribution in [0.5, 0.6) is 0 Å². The van der Waals surface area contributed by atoms with Crippen molar-refractivity contribution in [1.29, 1.82) is 0 Å². The smallest absolute Gasteiger partial charge is 0.120 e. The summed E-state index contributed by atoms with van der Waals surface area (Å²) in [7, 11) is 2.17. The number of aryl methyl sites for hydroxylation is 1. The van der Waals surface area contributed by atoms with Gasteiger partial charge >= 0.3 is 0 Å². The molecule has 0 unspecified atom stereocenters. The van der Waals surface area contributed by atoms with Crippen molar-refractivity contribution < 1.29 is 4.42 Å². The van der Waals surface area contributed by atoms with Gasteiger partial charge in [0.05, 0.1) is 13.1 Å². The molecular weight excluding hydrogens is 236 g/mol. The molecule has 0 aliphatic carbocycles. The SMILES string of the molecule is CCCCCN(C)Cc1cc(C)c(CNCCC)o1. The van der Waals surface area contributed by atoms with Crippen molar-refractivity contribution in [2.24, 2.45) is 0 Å². The van der Waals surface area contributed by atoms with Gasteiger partial charge in [-0.15, -0.1) is 0 Å². The third kappa shape index (κ3) is 6.26. The van der Waals surface area contributed by atoms with E-state index in [0.29, 0.717) is 0 Å². The predicted molar refractivity (Wildman–Crippen MR) is 81.3 cm³/mol. The first-order valence-corrected chi connectivity index (χ1v) is 7.64. The average Bonchev–Trinajstić information content (AvgIpc) is 2.70. The minimum absolute atomic E-state index is 0.846. The summed E-state index contributed by atoms with van der Waals surface area (Å²) < 4.78 is 5.93. The third-order valence-electron chi connectivity index (χ3n) is 3.35. The molecule has 0 saturated heterocycles. The number of hydrogen-bond donors (Lipinski definition) is 1. The second-order valence-corrected chi connectivity index (χ2v) is 5.44. The molecule has 0 aliphatic heterocycles. The van der Waals surface area contributed by atoms with E-state index in [0.717, 1.165) is 44.1 Å². The largest absolute Gasteiger partial charge is 0.463 e. The van der Waals surface area contributed by atoms with E-state index in [1.807, 2.05) is 0 Å². The number of hydrogen-bond acceptors (Lipinski definition) is 3. The molecule has 110 valence electrons. The normalized spacial score (nSPS) is 11.4. The fraction of sp³-hybridized carbons (Fsp3) is 0.750. The number of rotatable bonds is 10. The highest BCUT2D eigenvalue weighted by molar-refractivity contribution is 5.20. The Balaban J connectivity index is 2.39. The van der Waals surface area contributed by atoms with Crippen molar-refractivity contribution in [3.05, 3.63) is 23.2 Å². The van der Waals surface area contributed by atoms with Gasteiger partial charge in [0.2, 0.25) is 0 Å². The molecule has 3 heteroatoms. The molecule has 0 saturated carbocycles. The second kappa shape index (κ2) is 9.16. The van der Waals surface area contributed by atoms with E-state index in [-0.39, 0.29) is 0 Å². The zero-order valence-electron chi connectivity index (χ0n) is 13.1. The molecule has 19 heavy (non-hydrogen) atoms. The second-order valence-electron chi connectivity index (χ2n) is 5.44. The van der Waals surface area contributed by atoms with Crippen LogP contribution in [0, 0.1) is 6.92 Å². The standard InChI is InChI=1S/C16H30N2O/c1-5-7-8-10-18(4)13-15-11-14(3)16(19-15)12-17-9-6-2/h11,17H,5-10,12-13H2,1-4H3. The van der Waals surface area contributed by atoms with Crippen molar-refractivity contribution in [2.75, 3.05) is 20.1 Å². The maximum atomic E-state index is 5.93. The first-order chi connectivity index (χ1) is 9.17. The lowest BCUT2D eigenvalue weighted by Crippen LogP contribution is -2.18. The molecule has 0 bridgehead atoms. The van der Waals surface area contributed by atoms with Crippen molar-refractivity contribution in [3.8, 4) is 0 Å². The van der Waals surface area contributed by atoms with Gasteiger partial charge in [0.15, 0.2) is 0 Å². The fourth-order valence-electron chi connectivity index (χ4n) is 2.20. The van der Waals surface area contributed by atoms with E-state index < -0.39 is 0 Å². The first-order valence-electron chi connectivity index (χ1n) is 7.64. The summed E-state index contributed by atoms with van der Waals surface area (Å²) in [6, 6.07) is 2.18. The summed E-state index contributed by atoms with van der Waals surface area (Å²) in [6.07, 6.45) is 5.03. The summed E-state index contributed by atoms with van der Waals surface area (Å²) in [5, 5.41) is 3.39. The van der Waals surface area contributed by atoms with E-state index >= 15 is 0 Å². The number of furan rings is 1. The molecule has 1 heterocycles. The van der Waals surface area contributed by atoms with E-state index in [4.69, 9.17) is 4.42 Å². The Kier molecular flexibility index (Phi) is 7.84. The molecule has 1 aromatic heterocycles. The Hall–Kier alpha value is -0.800. The minimum atomic E-state index is 0.846. The summed E-state index contributed by atoms with van der Waals surface area (Å²) >= 11 is 0. The molecule has 0 fully saturated rings. The van der Waals surface area contributed by atoms with Gasteiger partial charge in [0.1, 0.15) is 11.5 Å². The highest BCUT2D eigenvalue weighted by Gasteiger charge is 2.09. The van der Waals surface area contributed by atoms with Crippen LogP contribution < -0.4 is 5.32 Å². The Bertz CT molecular complexity index is 347. The van der Waals surface area contributed by atoms with Crippen LogP contribution in [0.3, 0.4) is 0 Å².